The van der Waals surface area contributed by atoms with Crippen LogP contribution in [0.3, 0.4) is 0 Å². The molecule has 2 heterocycles. The first-order valence-corrected chi connectivity index (χ1v) is 12.5. The molecule has 0 radical (unpaired) electrons. The van der Waals surface area contributed by atoms with Gasteiger partial charge in [-0.1, -0.05) is 19.1 Å². The van der Waals surface area contributed by atoms with E-state index in [0.717, 1.165) is 24.1 Å². The fourth-order valence-electron chi connectivity index (χ4n) is 4.40. The average molecular weight is 456 g/mol. The maximum atomic E-state index is 12.9. The second-order valence-electron chi connectivity index (χ2n) is 8.87. The Morgan fingerprint density at radius 1 is 1.09 bits per heavy atom. The minimum absolute atomic E-state index is 0.0760. The molecule has 170 valence electrons. The van der Waals surface area contributed by atoms with E-state index >= 15 is 0 Å². The van der Waals surface area contributed by atoms with Gasteiger partial charge in [-0.3, -0.25) is 9.59 Å². The third kappa shape index (κ3) is 4.71. The summed E-state index contributed by atoms with van der Waals surface area (Å²) in [6, 6.07) is 13.9. The Morgan fingerprint density at radius 2 is 1.84 bits per heavy atom. The van der Waals surface area contributed by atoms with Gasteiger partial charge in [-0.15, -0.1) is 0 Å². The number of benzene rings is 2. The molecule has 0 aromatic heterocycles. The number of nitrogens with one attached hydrogen (secondary N) is 1. The predicted octanol–water partition coefficient (Wildman–Crippen LogP) is 3.41. The molecular weight excluding hydrogens is 426 g/mol. The molecule has 1 N–H and O–H groups in total. The van der Waals surface area contributed by atoms with Crippen LogP contribution < -0.4 is 10.2 Å². The topological polar surface area (TPSA) is 86.8 Å². The van der Waals surface area contributed by atoms with Crippen molar-refractivity contribution in [1.29, 1.82) is 0 Å². The number of amides is 2. The van der Waals surface area contributed by atoms with Gasteiger partial charge in [0, 0.05) is 37.4 Å². The molecule has 2 saturated heterocycles. The minimum Gasteiger partial charge on any atom is -0.326 e. The number of carbonyl (C=O) groups is 2. The van der Waals surface area contributed by atoms with E-state index in [1.165, 1.54) is 12.1 Å². The number of hydrogen-bond acceptors (Lipinski definition) is 4. The van der Waals surface area contributed by atoms with Crippen LogP contribution in [0, 0.1) is 18.8 Å². The molecule has 4 rings (SSSR count). The molecule has 8 heteroatoms. The van der Waals surface area contributed by atoms with Crippen LogP contribution in [-0.2, 0) is 19.6 Å². The fourth-order valence-corrected chi connectivity index (χ4v) is 6.00. The van der Waals surface area contributed by atoms with Gasteiger partial charge in [-0.2, -0.15) is 4.31 Å². The molecule has 2 unspecified atom stereocenters. The van der Waals surface area contributed by atoms with Crippen LogP contribution >= 0.6 is 0 Å². The second-order valence-corrected chi connectivity index (χ2v) is 10.8. The van der Waals surface area contributed by atoms with Crippen molar-refractivity contribution in [2.24, 2.45) is 11.8 Å². The highest BCUT2D eigenvalue weighted by atomic mass is 32.2. The largest absolute Gasteiger partial charge is 0.326 e. The molecule has 7 nitrogen and oxygen atoms in total. The number of piperidine rings is 1. The number of rotatable bonds is 5. The molecule has 2 aromatic rings. The van der Waals surface area contributed by atoms with E-state index in [4.69, 9.17) is 0 Å². The zero-order valence-corrected chi connectivity index (χ0v) is 19.3. The van der Waals surface area contributed by atoms with Crippen LogP contribution in [0.5, 0.6) is 0 Å². The summed E-state index contributed by atoms with van der Waals surface area (Å²) < 4.78 is 27.3. The highest BCUT2D eigenvalue weighted by Gasteiger charge is 2.35. The average Bonchev–Trinajstić information content (AvgIpc) is 3.16. The maximum Gasteiger partial charge on any atom is 0.243 e. The summed E-state index contributed by atoms with van der Waals surface area (Å²) in [6.45, 7) is 5.43. The van der Waals surface area contributed by atoms with Gasteiger partial charge in [-0.25, -0.2) is 8.42 Å². The first-order valence-electron chi connectivity index (χ1n) is 11.0. The molecule has 2 amide bonds. The Morgan fingerprint density at radius 3 is 2.53 bits per heavy atom. The van der Waals surface area contributed by atoms with E-state index in [2.05, 4.69) is 12.2 Å². The highest BCUT2D eigenvalue weighted by molar-refractivity contribution is 7.89. The molecule has 2 aromatic carbocycles. The minimum atomic E-state index is -3.54. The quantitative estimate of drug-likeness (QED) is 0.749. The van der Waals surface area contributed by atoms with Crippen molar-refractivity contribution in [3.63, 3.8) is 0 Å². The third-order valence-corrected chi connectivity index (χ3v) is 8.07. The molecule has 0 aliphatic carbocycles. The molecular formula is C24H29N3O4S. The second kappa shape index (κ2) is 9.03. The molecule has 2 aliphatic heterocycles. The third-order valence-electron chi connectivity index (χ3n) is 6.19. The Hall–Kier alpha value is -2.71. The van der Waals surface area contributed by atoms with Gasteiger partial charge >= 0.3 is 0 Å². The van der Waals surface area contributed by atoms with Crippen molar-refractivity contribution in [2.75, 3.05) is 29.9 Å². The number of nitrogens with zero attached hydrogens (tertiary/aromatic N) is 2. The van der Waals surface area contributed by atoms with Crippen LogP contribution in [0.4, 0.5) is 11.4 Å². The van der Waals surface area contributed by atoms with E-state index in [0.29, 0.717) is 31.2 Å². The predicted molar refractivity (Wildman–Crippen MR) is 124 cm³/mol. The van der Waals surface area contributed by atoms with Gasteiger partial charge in [0.05, 0.1) is 10.8 Å². The Balaban J connectivity index is 1.40. The summed E-state index contributed by atoms with van der Waals surface area (Å²) in [6.07, 6.45) is 2.07. The Bertz CT molecular complexity index is 1110. The van der Waals surface area contributed by atoms with Crippen molar-refractivity contribution in [3.8, 4) is 0 Å². The van der Waals surface area contributed by atoms with E-state index in [9.17, 15) is 18.0 Å². The van der Waals surface area contributed by atoms with Crippen LogP contribution in [0.1, 0.15) is 31.7 Å². The Labute approximate surface area is 189 Å². The van der Waals surface area contributed by atoms with Crippen LogP contribution in [0.25, 0.3) is 0 Å². The maximum absolute atomic E-state index is 12.9. The first kappa shape index (κ1) is 22.5. The van der Waals surface area contributed by atoms with Gasteiger partial charge in [0.1, 0.15) is 0 Å². The van der Waals surface area contributed by atoms with E-state index in [-0.39, 0.29) is 23.1 Å². The first-order chi connectivity index (χ1) is 15.2. The van der Waals surface area contributed by atoms with Gasteiger partial charge in [0.25, 0.3) is 0 Å². The van der Waals surface area contributed by atoms with Gasteiger partial charge in [0.2, 0.25) is 21.8 Å². The summed E-state index contributed by atoms with van der Waals surface area (Å²) in [5.41, 5.74) is 2.37. The lowest BCUT2D eigenvalue weighted by atomic mass is 10.0. The molecule has 2 aliphatic rings. The number of sulfonamides is 1. The van der Waals surface area contributed by atoms with Crippen molar-refractivity contribution < 1.29 is 18.0 Å². The lowest BCUT2D eigenvalue weighted by molar-refractivity contribution is -0.122. The lowest BCUT2D eigenvalue weighted by Gasteiger charge is -2.30. The molecule has 32 heavy (non-hydrogen) atoms. The summed E-state index contributed by atoms with van der Waals surface area (Å²) in [4.78, 5) is 27.1. The standard InChI is InChI=1S/C24H29N3O4S/c1-17-5-3-7-21(13-17)27-16-19(14-23(27)28)24(29)25-20-8-10-22(11-9-20)32(30,31)26-12-4-6-18(2)15-26/h3,5,7-11,13,18-19H,4,6,12,14-16H2,1-2H3,(H,25,29). The van der Waals surface area contributed by atoms with Gasteiger partial charge in [0.15, 0.2) is 0 Å². The highest BCUT2D eigenvalue weighted by Crippen LogP contribution is 2.28. The number of aryl methyl sites for hydroxylation is 1. The molecule has 2 atom stereocenters. The molecule has 0 spiro atoms. The van der Waals surface area contributed by atoms with Crippen LogP contribution in [0.2, 0.25) is 0 Å². The lowest BCUT2D eigenvalue weighted by Crippen LogP contribution is -2.39. The van der Waals surface area contributed by atoms with Crippen LogP contribution in [0.15, 0.2) is 53.4 Å². The van der Waals surface area contributed by atoms with E-state index in [1.807, 2.05) is 31.2 Å². The molecule has 0 saturated carbocycles. The zero-order chi connectivity index (χ0) is 22.9. The smallest absolute Gasteiger partial charge is 0.243 e. The summed E-state index contributed by atoms with van der Waals surface area (Å²) in [7, 11) is -3.54. The monoisotopic (exact) mass is 455 g/mol. The van der Waals surface area contributed by atoms with Crippen LogP contribution in [-0.4, -0.2) is 44.2 Å². The SMILES string of the molecule is Cc1cccc(N2CC(C(=O)Nc3ccc(S(=O)(=O)N4CCCC(C)C4)cc3)CC2=O)c1. The fraction of sp³-hybridized carbons (Fsp3) is 0.417. The normalized spacial score (nSPS) is 22.2. The summed E-state index contributed by atoms with van der Waals surface area (Å²) in [5.74, 6) is -0.422. The Kier molecular flexibility index (Phi) is 6.35. The van der Waals surface area contributed by atoms with Gasteiger partial charge < -0.3 is 10.2 Å². The number of carbonyl (C=O) groups excluding carboxylic acids is 2. The van der Waals surface area contributed by atoms with Crippen molar-refractivity contribution in [2.45, 2.75) is 38.0 Å². The summed E-state index contributed by atoms with van der Waals surface area (Å²) >= 11 is 0. The zero-order valence-electron chi connectivity index (χ0n) is 18.5. The van der Waals surface area contributed by atoms with Crippen molar-refractivity contribution in [1.82, 2.24) is 4.31 Å². The van der Waals surface area contributed by atoms with Gasteiger partial charge in [-0.05, 0) is 67.6 Å². The molecule has 0 bridgehead atoms. The van der Waals surface area contributed by atoms with Crippen molar-refractivity contribution >= 4 is 33.2 Å². The molecule has 2 fully saturated rings. The van der Waals surface area contributed by atoms with Crippen molar-refractivity contribution in [3.05, 3.63) is 54.1 Å². The summed E-state index contributed by atoms with van der Waals surface area (Å²) in [5, 5.41) is 2.83. The number of hydrogen-bond donors (Lipinski definition) is 1. The van der Waals surface area contributed by atoms with E-state index < -0.39 is 15.9 Å². The van der Waals surface area contributed by atoms with E-state index in [1.54, 1.807) is 21.3 Å². The number of anilines is 2.